The van der Waals surface area contributed by atoms with Crippen molar-refractivity contribution in [3.8, 4) is 67.3 Å². The Hall–Kier alpha value is -12.8. The lowest BCUT2D eigenvalue weighted by Crippen LogP contribution is -2.15. The smallest absolute Gasteiger partial charge is 0.0547 e. The van der Waals surface area contributed by atoms with Crippen LogP contribution in [0.4, 0.5) is 0 Å². The van der Waals surface area contributed by atoms with E-state index in [1.165, 1.54) is 198 Å². The molecule has 0 saturated heterocycles. The standard InChI is InChI=1S/2C49H34N2/c1-49(2)41-18-10-8-17-38(41)47-42(49)24-27-46-48(47)40-30-34(22-26-45(40)50(46)35-14-4-3-5-15-35)33-21-25-44-39(29-33)37-16-9-11-19-43(37)51(44)36-23-20-31-12-6-7-13-32(31)28-36;1-49(2)42-18-10-8-16-37(42)39-24-27-46-47(48(39)49)41-30-34(22-26-45(41)50(46)35-14-4-3-5-15-35)33-21-25-44-40(29-33)38-17-9-11-19-43(38)51(44)36-23-20-31-12-6-7-13-32(31)28-36/h2*3-30H,1-2H3. The summed E-state index contributed by atoms with van der Waals surface area (Å²) in [6, 6.07) is 126. The van der Waals surface area contributed by atoms with Gasteiger partial charge >= 0.3 is 0 Å². The quantitative estimate of drug-likeness (QED) is 0.158. The third-order valence-electron chi connectivity index (χ3n) is 22.9. The summed E-state index contributed by atoms with van der Waals surface area (Å²) in [5.41, 5.74) is 30.3. The first-order chi connectivity index (χ1) is 50.1. The van der Waals surface area contributed by atoms with Crippen LogP contribution in [0.15, 0.2) is 340 Å². The molecule has 0 amide bonds. The molecule has 0 unspecified atom stereocenters. The molecule has 0 atom stereocenters. The molecule has 4 aromatic heterocycles. The molecule has 0 N–H and O–H groups in total. The van der Waals surface area contributed by atoms with Crippen molar-refractivity contribution >= 4 is 109 Å². The lowest BCUT2D eigenvalue weighted by Gasteiger charge is -2.22. The van der Waals surface area contributed by atoms with E-state index in [4.69, 9.17) is 0 Å². The van der Waals surface area contributed by atoms with E-state index >= 15 is 0 Å². The maximum absolute atomic E-state index is 2.45. The summed E-state index contributed by atoms with van der Waals surface area (Å²) < 4.78 is 9.73. The summed E-state index contributed by atoms with van der Waals surface area (Å²) in [5.74, 6) is 0. The fourth-order valence-corrected chi connectivity index (χ4v) is 18.2. The van der Waals surface area contributed by atoms with E-state index < -0.39 is 0 Å². The van der Waals surface area contributed by atoms with Crippen LogP contribution < -0.4 is 0 Å². The molecule has 16 aromatic carbocycles. The summed E-state index contributed by atoms with van der Waals surface area (Å²) in [4.78, 5) is 0. The molecule has 4 nitrogen and oxygen atoms in total. The molecule has 0 bridgehead atoms. The van der Waals surface area contributed by atoms with Gasteiger partial charge in [-0.05, 0) is 210 Å². The van der Waals surface area contributed by atoms with Gasteiger partial charge in [0, 0.05) is 76.7 Å². The van der Waals surface area contributed by atoms with E-state index in [0.717, 1.165) is 0 Å². The van der Waals surface area contributed by atoms with Crippen LogP contribution in [0.2, 0.25) is 0 Å². The van der Waals surface area contributed by atoms with E-state index in [1.54, 1.807) is 0 Å². The van der Waals surface area contributed by atoms with Crippen molar-refractivity contribution in [2.45, 2.75) is 38.5 Å². The highest BCUT2D eigenvalue weighted by atomic mass is 15.0. The Labute approximate surface area is 591 Å². The van der Waals surface area contributed by atoms with Gasteiger partial charge in [0.2, 0.25) is 0 Å². The van der Waals surface area contributed by atoms with Crippen molar-refractivity contribution in [1.82, 2.24) is 18.3 Å². The maximum Gasteiger partial charge on any atom is 0.0547 e. The Morgan fingerprint density at radius 2 is 0.578 bits per heavy atom. The van der Waals surface area contributed by atoms with Crippen molar-refractivity contribution < 1.29 is 0 Å². The van der Waals surface area contributed by atoms with E-state index in [1.807, 2.05) is 0 Å². The SMILES string of the molecule is CC1(C)c2ccccc2-c2c1ccc1c2c2cc(-c3ccc4c(c3)c3ccccc3n4-c3ccc4ccccc4c3)ccc2n1-c1ccccc1.CC1(C)c2ccccc2-c2ccc3c(c21)c1cc(-c2ccc4c(c2)c2ccccc2n4-c2ccc4ccccc4c2)ccc1n3-c1ccccc1. The zero-order valence-corrected chi connectivity index (χ0v) is 57.1. The van der Waals surface area contributed by atoms with E-state index in [2.05, 4.69) is 386 Å². The zero-order valence-electron chi connectivity index (χ0n) is 57.1. The van der Waals surface area contributed by atoms with Crippen LogP contribution >= 0.6 is 0 Å². The first-order valence-corrected chi connectivity index (χ1v) is 35.7. The second-order valence-electron chi connectivity index (χ2n) is 29.1. The highest BCUT2D eigenvalue weighted by Crippen LogP contribution is 2.56. The van der Waals surface area contributed by atoms with Crippen molar-refractivity contribution in [1.29, 1.82) is 0 Å². The largest absolute Gasteiger partial charge is 0.309 e. The van der Waals surface area contributed by atoms with Crippen LogP contribution in [0.5, 0.6) is 0 Å². The Balaban J connectivity index is 0.000000133. The van der Waals surface area contributed by atoms with Crippen molar-refractivity contribution in [2.75, 3.05) is 0 Å². The third-order valence-corrected chi connectivity index (χ3v) is 22.9. The van der Waals surface area contributed by atoms with Gasteiger partial charge in [-0.25, -0.2) is 0 Å². The van der Waals surface area contributed by atoms with Gasteiger partial charge in [-0.3, -0.25) is 0 Å². The number of rotatable bonds is 6. The molecule has 22 rings (SSSR count). The summed E-state index contributed by atoms with van der Waals surface area (Å²) in [5, 5.41) is 15.3. The highest BCUT2D eigenvalue weighted by Gasteiger charge is 2.39. The normalized spacial score (nSPS) is 13.5. The fraction of sp³-hybridized carbons (Fsp3) is 0.0612. The number of aromatic nitrogens is 4. The van der Waals surface area contributed by atoms with Crippen molar-refractivity contribution in [3.63, 3.8) is 0 Å². The first kappa shape index (κ1) is 58.2. The minimum Gasteiger partial charge on any atom is -0.309 e. The van der Waals surface area contributed by atoms with Gasteiger partial charge in [0.15, 0.2) is 0 Å². The Bertz CT molecular complexity index is 6930. The minimum atomic E-state index is -0.124. The van der Waals surface area contributed by atoms with Gasteiger partial charge in [-0.2, -0.15) is 0 Å². The number of hydrogen-bond donors (Lipinski definition) is 0. The Kier molecular flexibility index (Phi) is 12.5. The van der Waals surface area contributed by atoms with E-state index in [0.29, 0.717) is 0 Å². The molecule has 0 radical (unpaired) electrons. The van der Waals surface area contributed by atoms with E-state index in [-0.39, 0.29) is 10.8 Å². The van der Waals surface area contributed by atoms with Crippen molar-refractivity contribution in [3.05, 3.63) is 362 Å². The lowest BCUT2D eigenvalue weighted by atomic mass is 9.80. The molecule has 2 aliphatic rings. The number of nitrogens with zero attached hydrogens (tertiary/aromatic N) is 4. The third kappa shape index (κ3) is 8.44. The number of para-hydroxylation sites is 4. The second kappa shape index (κ2) is 21.9. The van der Waals surface area contributed by atoms with Crippen LogP contribution in [0.3, 0.4) is 0 Å². The van der Waals surface area contributed by atoms with Crippen LogP contribution in [-0.2, 0) is 10.8 Å². The van der Waals surface area contributed by atoms with Gasteiger partial charge in [0.25, 0.3) is 0 Å². The first-order valence-electron chi connectivity index (χ1n) is 35.7. The number of benzene rings is 16. The van der Waals surface area contributed by atoms with Crippen molar-refractivity contribution in [2.24, 2.45) is 0 Å². The molecule has 0 saturated carbocycles. The molecular weight excluding hydrogens is 1230 g/mol. The second-order valence-corrected chi connectivity index (χ2v) is 29.1. The summed E-state index contributed by atoms with van der Waals surface area (Å²) >= 11 is 0. The summed E-state index contributed by atoms with van der Waals surface area (Å²) in [7, 11) is 0. The average molecular weight is 1300 g/mol. The maximum atomic E-state index is 2.45. The number of fused-ring (bicyclic) bond motifs is 22. The zero-order chi connectivity index (χ0) is 67.7. The number of hydrogen-bond acceptors (Lipinski definition) is 0. The van der Waals surface area contributed by atoms with Crippen LogP contribution in [0, 0.1) is 0 Å². The fourth-order valence-electron chi connectivity index (χ4n) is 18.2. The molecule has 480 valence electrons. The van der Waals surface area contributed by atoms with Gasteiger partial charge in [0.05, 0.1) is 44.1 Å². The molecular formula is C98H68N4. The van der Waals surface area contributed by atoms with Crippen LogP contribution in [-0.4, -0.2) is 18.3 Å². The average Bonchev–Trinajstić information content (AvgIpc) is 1.54. The monoisotopic (exact) mass is 1300 g/mol. The van der Waals surface area contributed by atoms with Gasteiger partial charge in [0.1, 0.15) is 0 Å². The topological polar surface area (TPSA) is 19.7 Å². The van der Waals surface area contributed by atoms with Gasteiger partial charge in [-0.1, -0.05) is 246 Å². The summed E-state index contributed by atoms with van der Waals surface area (Å²) in [6.07, 6.45) is 0. The lowest BCUT2D eigenvalue weighted by molar-refractivity contribution is 0.661. The van der Waals surface area contributed by atoms with Crippen LogP contribution in [0.25, 0.3) is 176 Å². The molecule has 0 spiro atoms. The van der Waals surface area contributed by atoms with E-state index in [9.17, 15) is 0 Å². The Morgan fingerprint density at radius 1 is 0.206 bits per heavy atom. The highest BCUT2D eigenvalue weighted by molar-refractivity contribution is 6.20. The minimum absolute atomic E-state index is 0.0663. The van der Waals surface area contributed by atoms with Gasteiger partial charge in [-0.15, -0.1) is 0 Å². The predicted molar refractivity (Wildman–Crippen MR) is 431 cm³/mol. The molecule has 4 heteroatoms. The molecule has 102 heavy (non-hydrogen) atoms. The molecule has 2 aliphatic carbocycles. The molecule has 4 heterocycles. The summed E-state index contributed by atoms with van der Waals surface area (Å²) in [6.45, 7) is 9.53. The van der Waals surface area contributed by atoms with Gasteiger partial charge < -0.3 is 18.3 Å². The predicted octanol–water partition coefficient (Wildman–Crippen LogP) is 26.0. The molecule has 0 aliphatic heterocycles. The Morgan fingerprint density at radius 3 is 1.11 bits per heavy atom. The molecule has 0 fully saturated rings. The molecule has 20 aromatic rings. The van der Waals surface area contributed by atoms with Crippen LogP contribution in [0.1, 0.15) is 49.9 Å².